The van der Waals surface area contributed by atoms with E-state index in [4.69, 9.17) is 11.5 Å². The Bertz CT molecular complexity index is 1510. The predicted octanol–water partition coefficient (Wildman–Crippen LogP) is 3.63. The average molecular weight is 492 g/mol. The summed E-state index contributed by atoms with van der Waals surface area (Å²) < 4.78 is 0. The molecule has 5 rings (SSSR count). The van der Waals surface area contributed by atoms with Gasteiger partial charge in [0.2, 0.25) is 11.9 Å². The first-order valence-electron chi connectivity index (χ1n) is 11.7. The number of hydrogen-bond acceptors (Lipinski definition) is 6. The Morgan fingerprint density at radius 2 is 1.59 bits per heavy atom. The Morgan fingerprint density at radius 3 is 2.22 bits per heavy atom. The summed E-state index contributed by atoms with van der Waals surface area (Å²) in [5.74, 6) is -0.855. The number of nitrogens with zero attached hydrogens (tertiary/aromatic N) is 3. The number of hydrogen-bond donors (Lipinski definition) is 4. The van der Waals surface area contributed by atoms with Gasteiger partial charge in [-0.2, -0.15) is 0 Å². The van der Waals surface area contributed by atoms with Crippen molar-refractivity contribution in [2.75, 3.05) is 17.2 Å². The molecule has 2 heterocycles. The summed E-state index contributed by atoms with van der Waals surface area (Å²) in [5, 5.41) is 3.62. The standard InChI is InChI=1S/C28H25N7O2/c29-26(36)25(17-35(20-7-3-1-4-8-20)21-9-5-2-6-10-21)33-27(37)18-11-12-22-19(15-18)16-24(32-22)23-13-14-31-28(30)34-23/h1-16,25,32H,17H2,(H2,29,36)(H,33,37)(H2,30,31,34). The van der Waals surface area contributed by atoms with E-state index in [-0.39, 0.29) is 12.5 Å². The highest BCUT2D eigenvalue weighted by atomic mass is 16.2. The quantitative estimate of drug-likeness (QED) is 0.261. The number of fused-ring (bicyclic) bond motifs is 1. The lowest BCUT2D eigenvalue weighted by Crippen LogP contribution is -2.50. The van der Waals surface area contributed by atoms with Crippen LogP contribution in [0.2, 0.25) is 0 Å². The van der Waals surface area contributed by atoms with Gasteiger partial charge in [0, 0.05) is 34.0 Å². The molecule has 0 saturated heterocycles. The van der Waals surface area contributed by atoms with E-state index in [2.05, 4.69) is 20.3 Å². The number of aromatic amines is 1. The summed E-state index contributed by atoms with van der Waals surface area (Å²) in [4.78, 5) is 39.0. The van der Waals surface area contributed by atoms with Crippen LogP contribution in [0, 0.1) is 0 Å². The third kappa shape index (κ3) is 5.25. The fourth-order valence-electron chi connectivity index (χ4n) is 4.14. The maximum Gasteiger partial charge on any atom is 0.252 e. The normalized spacial score (nSPS) is 11.7. The number of amides is 2. The second-order valence-electron chi connectivity index (χ2n) is 8.50. The van der Waals surface area contributed by atoms with Gasteiger partial charge in [-0.3, -0.25) is 9.59 Å². The Hall–Kier alpha value is -5.18. The zero-order valence-electron chi connectivity index (χ0n) is 19.8. The molecule has 0 aliphatic rings. The van der Waals surface area contributed by atoms with E-state index in [1.54, 1.807) is 30.5 Å². The van der Waals surface area contributed by atoms with Crippen LogP contribution in [0.25, 0.3) is 22.3 Å². The fourth-order valence-corrected chi connectivity index (χ4v) is 4.14. The van der Waals surface area contributed by atoms with Crippen molar-refractivity contribution in [2.24, 2.45) is 5.73 Å². The number of rotatable bonds is 8. The van der Waals surface area contributed by atoms with E-state index >= 15 is 0 Å². The highest BCUT2D eigenvalue weighted by Crippen LogP contribution is 2.26. The fraction of sp³-hybridized carbons (Fsp3) is 0.0714. The van der Waals surface area contributed by atoms with Crippen LogP contribution in [0.5, 0.6) is 0 Å². The van der Waals surface area contributed by atoms with Crippen LogP contribution in [0.15, 0.2) is 97.2 Å². The number of para-hydroxylation sites is 2. The van der Waals surface area contributed by atoms with E-state index in [0.717, 1.165) is 28.0 Å². The molecule has 37 heavy (non-hydrogen) atoms. The smallest absolute Gasteiger partial charge is 0.252 e. The molecule has 0 fully saturated rings. The van der Waals surface area contributed by atoms with Crippen molar-refractivity contribution in [1.82, 2.24) is 20.3 Å². The summed E-state index contributed by atoms with van der Waals surface area (Å²) >= 11 is 0. The van der Waals surface area contributed by atoms with Gasteiger partial charge in [0.05, 0.1) is 17.9 Å². The first kappa shape index (κ1) is 23.6. The van der Waals surface area contributed by atoms with Gasteiger partial charge in [-0.25, -0.2) is 9.97 Å². The van der Waals surface area contributed by atoms with Crippen molar-refractivity contribution in [3.63, 3.8) is 0 Å². The number of anilines is 3. The summed E-state index contributed by atoms with van der Waals surface area (Å²) in [6.45, 7) is 0.167. The number of carbonyl (C=O) groups is 2. The van der Waals surface area contributed by atoms with Crippen LogP contribution < -0.4 is 21.7 Å². The van der Waals surface area contributed by atoms with E-state index in [1.807, 2.05) is 71.6 Å². The molecular formula is C28H25N7O2. The molecule has 2 aromatic heterocycles. The number of carbonyl (C=O) groups excluding carboxylic acids is 2. The third-order valence-electron chi connectivity index (χ3n) is 5.98. The van der Waals surface area contributed by atoms with Crippen LogP contribution in [0.3, 0.4) is 0 Å². The first-order chi connectivity index (χ1) is 18.0. The minimum Gasteiger partial charge on any atom is -0.368 e. The molecule has 184 valence electrons. The lowest BCUT2D eigenvalue weighted by molar-refractivity contribution is -0.119. The van der Waals surface area contributed by atoms with Crippen molar-refractivity contribution in [3.8, 4) is 11.4 Å². The van der Waals surface area contributed by atoms with Gasteiger partial charge in [-0.15, -0.1) is 0 Å². The second kappa shape index (κ2) is 10.2. The van der Waals surface area contributed by atoms with Gasteiger partial charge in [0.15, 0.2) is 0 Å². The van der Waals surface area contributed by atoms with E-state index in [1.165, 1.54) is 0 Å². The molecule has 5 aromatic rings. The van der Waals surface area contributed by atoms with Gasteiger partial charge in [-0.05, 0) is 54.6 Å². The molecule has 2 amide bonds. The highest BCUT2D eigenvalue weighted by Gasteiger charge is 2.24. The summed E-state index contributed by atoms with van der Waals surface area (Å²) in [7, 11) is 0. The van der Waals surface area contributed by atoms with Crippen LogP contribution in [0.1, 0.15) is 10.4 Å². The lowest BCUT2D eigenvalue weighted by atomic mass is 10.1. The molecule has 1 unspecified atom stereocenters. The van der Waals surface area contributed by atoms with Crippen molar-refractivity contribution >= 4 is 40.0 Å². The van der Waals surface area contributed by atoms with Crippen LogP contribution in [-0.4, -0.2) is 39.4 Å². The van der Waals surface area contributed by atoms with Crippen LogP contribution >= 0.6 is 0 Å². The zero-order chi connectivity index (χ0) is 25.8. The molecule has 0 radical (unpaired) electrons. The Labute approximate surface area is 213 Å². The molecule has 1 atom stereocenters. The number of nitrogens with one attached hydrogen (secondary N) is 2. The summed E-state index contributed by atoms with van der Waals surface area (Å²) in [5.41, 5.74) is 15.8. The molecular weight excluding hydrogens is 466 g/mol. The van der Waals surface area contributed by atoms with Crippen molar-refractivity contribution < 1.29 is 9.59 Å². The molecule has 0 aliphatic heterocycles. The molecule has 0 bridgehead atoms. The van der Waals surface area contributed by atoms with Crippen molar-refractivity contribution in [1.29, 1.82) is 0 Å². The number of aromatic nitrogens is 3. The number of nitrogen functional groups attached to an aromatic ring is 1. The number of nitrogens with two attached hydrogens (primary N) is 2. The topological polar surface area (TPSA) is 143 Å². The molecule has 0 aliphatic carbocycles. The molecule has 0 spiro atoms. The monoisotopic (exact) mass is 491 g/mol. The number of benzene rings is 3. The SMILES string of the molecule is NC(=O)C(CN(c1ccccc1)c1ccccc1)NC(=O)c1ccc2[nH]c(-c3ccnc(N)n3)cc2c1. The Morgan fingerprint density at radius 1 is 0.919 bits per heavy atom. The second-order valence-corrected chi connectivity index (χ2v) is 8.50. The molecule has 0 saturated carbocycles. The first-order valence-corrected chi connectivity index (χ1v) is 11.7. The van der Waals surface area contributed by atoms with E-state index in [0.29, 0.717) is 11.3 Å². The Kier molecular flexibility index (Phi) is 6.50. The maximum atomic E-state index is 13.2. The lowest BCUT2D eigenvalue weighted by Gasteiger charge is -2.29. The van der Waals surface area contributed by atoms with Crippen molar-refractivity contribution in [3.05, 3.63) is 103 Å². The summed E-state index contributed by atoms with van der Waals surface area (Å²) in [6, 6.07) is 27.2. The highest BCUT2D eigenvalue weighted by molar-refractivity contribution is 6.01. The van der Waals surface area contributed by atoms with Crippen molar-refractivity contribution in [2.45, 2.75) is 6.04 Å². The van der Waals surface area contributed by atoms with Gasteiger partial charge in [0.25, 0.3) is 5.91 Å². The largest absolute Gasteiger partial charge is 0.368 e. The van der Waals surface area contributed by atoms with E-state index < -0.39 is 17.9 Å². The number of H-pyrrole nitrogens is 1. The van der Waals surface area contributed by atoms with Gasteiger partial charge in [-0.1, -0.05) is 36.4 Å². The third-order valence-corrected chi connectivity index (χ3v) is 5.98. The molecule has 9 nitrogen and oxygen atoms in total. The van der Waals surface area contributed by atoms with Gasteiger partial charge >= 0.3 is 0 Å². The molecule has 9 heteroatoms. The summed E-state index contributed by atoms with van der Waals surface area (Å²) in [6.07, 6.45) is 1.58. The minimum atomic E-state index is -0.936. The molecule has 3 aromatic carbocycles. The van der Waals surface area contributed by atoms with E-state index in [9.17, 15) is 9.59 Å². The number of primary amides is 1. The van der Waals surface area contributed by atoms with Crippen LogP contribution in [-0.2, 0) is 4.79 Å². The maximum absolute atomic E-state index is 13.2. The predicted molar refractivity (Wildman–Crippen MR) is 144 cm³/mol. The zero-order valence-corrected chi connectivity index (χ0v) is 19.8. The van der Waals surface area contributed by atoms with Gasteiger partial charge < -0.3 is 26.7 Å². The Balaban J connectivity index is 1.39. The van der Waals surface area contributed by atoms with Crippen LogP contribution in [0.4, 0.5) is 17.3 Å². The van der Waals surface area contributed by atoms with Gasteiger partial charge in [0.1, 0.15) is 6.04 Å². The minimum absolute atomic E-state index is 0.167. The average Bonchev–Trinajstić information content (AvgIpc) is 3.35. The molecule has 6 N–H and O–H groups in total.